The first-order valence-corrected chi connectivity index (χ1v) is 10.3. The molecule has 4 nitrogen and oxygen atoms in total. The molecule has 0 unspecified atom stereocenters. The molecule has 2 atom stereocenters. The highest BCUT2D eigenvalue weighted by molar-refractivity contribution is 5.83. The molecular weight excluding hydrogens is 344 g/mol. The van der Waals surface area contributed by atoms with Gasteiger partial charge in [-0.1, -0.05) is 60.7 Å². The van der Waals surface area contributed by atoms with Crippen molar-refractivity contribution in [2.45, 2.75) is 38.8 Å². The van der Waals surface area contributed by atoms with Gasteiger partial charge in [0, 0.05) is 49.4 Å². The lowest BCUT2D eigenvalue weighted by atomic mass is 10.0. The van der Waals surface area contributed by atoms with Crippen LogP contribution in [0.15, 0.2) is 70.6 Å². The summed E-state index contributed by atoms with van der Waals surface area (Å²) in [5, 5.41) is 7.36. The SMILES string of the molecule is CC1=NCCN[C@@H](c2ccccc2)CC(C)=NCCN[C@H](c2ccccc2)C1. The summed E-state index contributed by atoms with van der Waals surface area (Å²) >= 11 is 0. The number of hydrogen-bond acceptors (Lipinski definition) is 4. The fourth-order valence-corrected chi connectivity index (χ4v) is 3.68. The van der Waals surface area contributed by atoms with Crippen LogP contribution < -0.4 is 10.6 Å². The average Bonchev–Trinajstić information content (AvgIpc) is 2.73. The van der Waals surface area contributed by atoms with Crippen LogP contribution in [-0.4, -0.2) is 37.6 Å². The molecule has 0 spiro atoms. The Hall–Kier alpha value is -2.30. The summed E-state index contributed by atoms with van der Waals surface area (Å²) in [6.07, 6.45) is 1.85. The lowest BCUT2D eigenvalue weighted by Gasteiger charge is -2.21. The number of nitrogens with one attached hydrogen (secondary N) is 2. The largest absolute Gasteiger partial charge is 0.308 e. The van der Waals surface area contributed by atoms with E-state index in [4.69, 9.17) is 9.98 Å². The third kappa shape index (κ3) is 6.39. The first kappa shape index (κ1) is 20.4. The summed E-state index contributed by atoms with van der Waals surface area (Å²) in [6.45, 7) is 7.61. The van der Waals surface area contributed by atoms with E-state index in [1.807, 2.05) is 0 Å². The van der Waals surface area contributed by atoms with Gasteiger partial charge in [0.15, 0.2) is 0 Å². The van der Waals surface area contributed by atoms with Crippen molar-refractivity contribution in [1.29, 1.82) is 0 Å². The minimum Gasteiger partial charge on any atom is -0.308 e. The summed E-state index contributed by atoms with van der Waals surface area (Å²) in [5.41, 5.74) is 5.01. The maximum absolute atomic E-state index is 4.82. The molecule has 0 bridgehead atoms. The lowest BCUT2D eigenvalue weighted by molar-refractivity contribution is 0.542. The van der Waals surface area contributed by atoms with Crippen LogP contribution in [0.2, 0.25) is 0 Å². The van der Waals surface area contributed by atoms with Crippen molar-refractivity contribution in [3.63, 3.8) is 0 Å². The van der Waals surface area contributed by atoms with Crippen LogP contribution in [0.1, 0.15) is 49.9 Å². The van der Waals surface area contributed by atoms with Gasteiger partial charge in [0.1, 0.15) is 0 Å². The Morgan fingerprint density at radius 3 is 1.43 bits per heavy atom. The molecule has 0 saturated heterocycles. The van der Waals surface area contributed by atoms with Crippen LogP contribution in [0.25, 0.3) is 0 Å². The number of nitrogens with zero attached hydrogens (tertiary/aromatic N) is 2. The van der Waals surface area contributed by atoms with Crippen molar-refractivity contribution in [2.75, 3.05) is 26.2 Å². The fourth-order valence-electron chi connectivity index (χ4n) is 3.68. The number of hydrogen-bond donors (Lipinski definition) is 2. The summed E-state index contributed by atoms with van der Waals surface area (Å²) in [4.78, 5) is 9.64. The van der Waals surface area contributed by atoms with E-state index in [0.29, 0.717) is 0 Å². The summed E-state index contributed by atoms with van der Waals surface area (Å²) in [5.74, 6) is 0. The van der Waals surface area contributed by atoms with Crippen LogP contribution >= 0.6 is 0 Å². The smallest absolute Gasteiger partial charge is 0.0513 e. The minimum atomic E-state index is 0.286. The molecule has 2 aromatic carbocycles. The highest BCUT2D eigenvalue weighted by Crippen LogP contribution is 2.19. The highest BCUT2D eigenvalue weighted by atomic mass is 15.0. The fraction of sp³-hybridized carbons (Fsp3) is 0.417. The van der Waals surface area contributed by atoms with E-state index in [9.17, 15) is 0 Å². The van der Waals surface area contributed by atoms with E-state index in [1.54, 1.807) is 0 Å². The van der Waals surface area contributed by atoms with Gasteiger partial charge in [-0.3, -0.25) is 9.98 Å². The van der Waals surface area contributed by atoms with Gasteiger partial charge in [-0.05, 0) is 25.0 Å². The van der Waals surface area contributed by atoms with Crippen LogP contribution in [0.4, 0.5) is 0 Å². The molecule has 0 aliphatic carbocycles. The van der Waals surface area contributed by atoms with E-state index in [2.05, 4.69) is 85.1 Å². The Kier molecular flexibility index (Phi) is 7.94. The Balaban J connectivity index is 1.72. The third-order valence-corrected chi connectivity index (χ3v) is 5.17. The second kappa shape index (κ2) is 10.9. The van der Waals surface area contributed by atoms with Gasteiger partial charge in [-0.25, -0.2) is 0 Å². The minimum absolute atomic E-state index is 0.286. The van der Waals surface area contributed by atoms with Gasteiger partial charge < -0.3 is 10.6 Å². The van der Waals surface area contributed by atoms with Crippen LogP contribution in [0, 0.1) is 0 Å². The molecule has 1 heterocycles. The van der Waals surface area contributed by atoms with Crippen LogP contribution in [0.5, 0.6) is 0 Å². The first-order valence-electron chi connectivity index (χ1n) is 10.3. The average molecular weight is 377 g/mol. The summed E-state index contributed by atoms with van der Waals surface area (Å²) in [7, 11) is 0. The molecule has 148 valence electrons. The maximum Gasteiger partial charge on any atom is 0.0513 e. The second-order valence-corrected chi connectivity index (χ2v) is 7.48. The van der Waals surface area contributed by atoms with Crippen molar-refractivity contribution in [1.82, 2.24) is 10.6 Å². The number of benzene rings is 2. The molecule has 1 aliphatic rings. The Bertz CT molecular complexity index is 700. The number of aliphatic imine (C=N–C) groups is 2. The van der Waals surface area contributed by atoms with Crippen LogP contribution in [0.3, 0.4) is 0 Å². The zero-order valence-corrected chi connectivity index (χ0v) is 17.1. The molecule has 0 saturated carbocycles. The molecule has 1 aliphatic heterocycles. The van der Waals surface area contributed by atoms with Gasteiger partial charge >= 0.3 is 0 Å². The molecule has 2 N–H and O–H groups in total. The summed E-state index contributed by atoms with van der Waals surface area (Å²) < 4.78 is 0. The third-order valence-electron chi connectivity index (χ3n) is 5.17. The molecule has 0 amide bonds. The van der Waals surface area contributed by atoms with Gasteiger partial charge in [0.25, 0.3) is 0 Å². The topological polar surface area (TPSA) is 48.8 Å². The molecular formula is C24H32N4. The van der Waals surface area contributed by atoms with E-state index >= 15 is 0 Å². The van der Waals surface area contributed by atoms with Gasteiger partial charge in [0.05, 0.1) is 13.1 Å². The normalized spacial score (nSPS) is 22.6. The van der Waals surface area contributed by atoms with Crippen LogP contribution in [-0.2, 0) is 0 Å². The maximum atomic E-state index is 4.82. The zero-order valence-electron chi connectivity index (χ0n) is 17.1. The van der Waals surface area contributed by atoms with E-state index in [0.717, 1.165) is 39.0 Å². The predicted molar refractivity (Wildman–Crippen MR) is 120 cm³/mol. The Labute approximate surface area is 169 Å². The molecule has 4 heteroatoms. The number of rotatable bonds is 2. The van der Waals surface area contributed by atoms with Gasteiger partial charge in [0.2, 0.25) is 0 Å². The Morgan fingerprint density at radius 2 is 1.04 bits per heavy atom. The molecule has 0 aromatic heterocycles. The van der Waals surface area contributed by atoms with Crippen molar-refractivity contribution < 1.29 is 0 Å². The quantitative estimate of drug-likeness (QED) is 0.818. The molecule has 0 fully saturated rings. The second-order valence-electron chi connectivity index (χ2n) is 7.48. The molecule has 2 aromatic rings. The first-order chi connectivity index (χ1) is 13.7. The van der Waals surface area contributed by atoms with Crippen molar-refractivity contribution >= 4 is 11.4 Å². The standard InChI is InChI=1S/C24H32N4/c1-19-17-23(21-9-5-3-6-10-21)27-16-14-26-20(2)18-24(28-15-13-25-19)22-11-7-4-8-12-22/h3-12,23-24,27-28H,13-18H2,1-2H3/t23-,24+. The van der Waals surface area contributed by atoms with E-state index in [-0.39, 0.29) is 12.1 Å². The highest BCUT2D eigenvalue weighted by Gasteiger charge is 2.14. The molecule has 3 rings (SSSR count). The van der Waals surface area contributed by atoms with Crippen molar-refractivity contribution in [3.05, 3.63) is 71.8 Å². The van der Waals surface area contributed by atoms with Gasteiger partial charge in [-0.15, -0.1) is 0 Å². The Morgan fingerprint density at radius 1 is 0.643 bits per heavy atom. The summed E-state index contributed by atoms with van der Waals surface area (Å²) in [6, 6.07) is 21.9. The van der Waals surface area contributed by atoms with Gasteiger partial charge in [-0.2, -0.15) is 0 Å². The predicted octanol–water partition coefficient (Wildman–Crippen LogP) is 4.36. The van der Waals surface area contributed by atoms with Crippen molar-refractivity contribution in [3.8, 4) is 0 Å². The van der Waals surface area contributed by atoms with Crippen molar-refractivity contribution in [2.24, 2.45) is 9.98 Å². The van der Waals surface area contributed by atoms with E-state index in [1.165, 1.54) is 22.6 Å². The molecule has 0 radical (unpaired) electrons. The molecule has 28 heavy (non-hydrogen) atoms. The monoisotopic (exact) mass is 376 g/mol. The van der Waals surface area contributed by atoms with E-state index < -0.39 is 0 Å². The lowest BCUT2D eigenvalue weighted by Crippen LogP contribution is -2.28. The zero-order chi connectivity index (χ0) is 19.6.